The fourth-order valence-corrected chi connectivity index (χ4v) is 3.43. The minimum Gasteiger partial charge on any atom is -0.497 e. The van der Waals surface area contributed by atoms with Crippen LogP contribution in [0.25, 0.3) is 0 Å². The third-order valence-corrected chi connectivity index (χ3v) is 4.97. The van der Waals surface area contributed by atoms with Gasteiger partial charge in [-0.2, -0.15) is 13.2 Å². The van der Waals surface area contributed by atoms with E-state index in [0.29, 0.717) is 38.5 Å². The number of carbonyl (C=O) groups is 1. The largest absolute Gasteiger partial charge is 0.497 e. The topological polar surface area (TPSA) is 54.0 Å². The molecule has 3 rings (SSSR count). The van der Waals surface area contributed by atoms with Crippen LogP contribution in [-0.2, 0) is 22.3 Å². The summed E-state index contributed by atoms with van der Waals surface area (Å²) in [6.07, 6.45) is -4.49. The highest BCUT2D eigenvalue weighted by Gasteiger charge is 2.32. The van der Waals surface area contributed by atoms with E-state index in [4.69, 9.17) is 9.47 Å². The summed E-state index contributed by atoms with van der Waals surface area (Å²) in [6, 6.07) is 10.9. The van der Waals surface area contributed by atoms with Crippen molar-refractivity contribution >= 4 is 17.3 Å². The quantitative estimate of drug-likeness (QED) is 0.717. The number of rotatable bonds is 7. The molecule has 9 heteroatoms. The van der Waals surface area contributed by atoms with Crippen molar-refractivity contribution in [3.63, 3.8) is 0 Å². The van der Waals surface area contributed by atoms with Crippen molar-refractivity contribution < 1.29 is 27.4 Å². The highest BCUT2D eigenvalue weighted by atomic mass is 19.4. The molecule has 1 aliphatic rings. The Bertz CT molecular complexity index is 882. The van der Waals surface area contributed by atoms with Crippen molar-refractivity contribution in [1.82, 2.24) is 4.90 Å². The first-order valence-electron chi connectivity index (χ1n) is 9.91. The number of amides is 1. The summed E-state index contributed by atoms with van der Waals surface area (Å²) in [5.41, 5.74) is 0.901. The molecular formula is C22H26F3N3O3. The summed E-state index contributed by atoms with van der Waals surface area (Å²) in [6.45, 7) is 2.61. The first-order valence-corrected chi connectivity index (χ1v) is 9.91. The van der Waals surface area contributed by atoms with Crippen molar-refractivity contribution in [1.29, 1.82) is 0 Å². The Hall–Kier alpha value is -2.78. The van der Waals surface area contributed by atoms with Gasteiger partial charge >= 0.3 is 6.18 Å². The molecule has 0 bridgehead atoms. The van der Waals surface area contributed by atoms with Crippen LogP contribution in [0.15, 0.2) is 42.5 Å². The molecule has 0 aromatic heterocycles. The van der Waals surface area contributed by atoms with E-state index >= 15 is 0 Å². The number of ether oxygens (including phenoxy) is 2. The molecule has 31 heavy (non-hydrogen) atoms. The molecule has 1 heterocycles. The lowest BCUT2D eigenvalue weighted by Crippen LogP contribution is -2.37. The number of methoxy groups -OCH3 is 1. The van der Waals surface area contributed by atoms with Gasteiger partial charge in [0.2, 0.25) is 5.91 Å². The second-order valence-electron chi connectivity index (χ2n) is 7.40. The summed E-state index contributed by atoms with van der Waals surface area (Å²) >= 11 is 0. The SMILES string of the molecule is COc1ccc(CN(C)CC(=O)Nc2cc(C(F)(F)F)ccc2N2CCOCC2)cc1. The van der Waals surface area contributed by atoms with E-state index in [0.717, 1.165) is 23.4 Å². The van der Waals surface area contributed by atoms with Crippen LogP contribution in [0.1, 0.15) is 11.1 Å². The van der Waals surface area contributed by atoms with E-state index in [-0.39, 0.29) is 18.1 Å². The predicted molar refractivity (Wildman–Crippen MR) is 112 cm³/mol. The van der Waals surface area contributed by atoms with Gasteiger partial charge < -0.3 is 19.7 Å². The van der Waals surface area contributed by atoms with Crippen LogP contribution in [0.4, 0.5) is 24.5 Å². The number of benzene rings is 2. The third-order valence-electron chi connectivity index (χ3n) is 4.97. The number of hydrogen-bond donors (Lipinski definition) is 1. The molecular weight excluding hydrogens is 411 g/mol. The number of morpholine rings is 1. The van der Waals surface area contributed by atoms with Crippen molar-refractivity contribution in [3.8, 4) is 5.75 Å². The predicted octanol–water partition coefficient (Wildman–Crippen LogP) is 3.62. The average Bonchev–Trinajstić information content (AvgIpc) is 2.74. The smallest absolute Gasteiger partial charge is 0.416 e. The minimum absolute atomic E-state index is 0.0326. The molecule has 0 radical (unpaired) electrons. The maximum atomic E-state index is 13.2. The molecule has 1 aliphatic heterocycles. The monoisotopic (exact) mass is 437 g/mol. The Morgan fingerprint density at radius 1 is 1.16 bits per heavy atom. The summed E-state index contributed by atoms with van der Waals surface area (Å²) < 4.78 is 50.1. The van der Waals surface area contributed by atoms with Crippen LogP contribution in [0.3, 0.4) is 0 Å². The molecule has 2 aromatic carbocycles. The maximum absolute atomic E-state index is 13.2. The van der Waals surface area contributed by atoms with Crippen molar-refractivity contribution in [2.75, 3.05) is 57.2 Å². The van der Waals surface area contributed by atoms with Gasteiger partial charge in [-0.05, 0) is 42.9 Å². The van der Waals surface area contributed by atoms with E-state index in [1.807, 2.05) is 29.2 Å². The second-order valence-corrected chi connectivity index (χ2v) is 7.40. The van der Waals surface area contributed by atoms with Crippen molar-refractivity contribution in [3.05, 3.63) is 53.6 Å². The normalized spacial score (nSPS) is 14.6. The molecule has 1 amide bonds. The lowest BCUT2D eigenvalue weighted by Gasteiger charge is -2.31. The fourth-order valence-electron chi connectivity index (χ4n) is 3.43. The van der Waals surface area contributed by atoms with Gasteiger partial charge in [-0.25, -0.2) is 0 Å². The van der Waals surface area contributed by atoms with Gasteiger partial charge in [-0.15, -0.1) is 0 Å². The van der Waals surface area contributed by atoms with Crippen LogP contribution in [0.2, 0.25) is 0 Å². The Labute approximate surface area is 179 Å². The van der Waals surface area contributed by atoms with Crippen LogP contribution < -0.4 is 15.0 Å². The molecule has 0 unspecified atom stereocenters. The first kappa shape index (κ1) is 22.9. The van der Waals surface area contributed by atoms with Crippen molar-refractivity contribution in [2.24, 2.45) is 0 Å². The summed E-state index contributed by atoms with van der Waals surface area (Å²) in [4.78, 5) is 16.3. The Balaban J connectivity index is 1.70. The van der Waals surface area contributed by atoms with Gasteiger partial charge in [0.25, 0.3) is 0 Å². The van der Waals surface area contributed by atoms with Gasteiger partial charge in [0.05, 0.1) is 43.8 Å². The van der Waals surface area contributed by atoms with E-state index < -0.39 is 11.7 Å². The molecule has 0 saturated carbocycles. The number of carbonyl (C=O) groups excluding carboxylic acids is 1. The van der Waals surface area contributed by atoms with Gasteiger partial charge in [0.15, 0.2) is 0 Å². The van der Waals surface area contributed by atoms with Crippen LogP contribution >= 0.6 is 0 Å². The number of hydrogen-bond acceptors (Lipinski definition) is 5. The van der Waals surface area contributed by atoms with Gasteiger partial charge in [0.1, 0.15) is 5.75 Å². The number of halogens is 3. The molecule has 2 aromatic rings. The van der Waals surface area contributed by atoms with E-state index in [1.54, 1.807) is 19.1 Å². The Morgan fingerprint density at radius 3 is 2.45 bits per heavy atom. The van der Waals surface area contributed by atoms with Crippen LogP contribution in [-0.4, -0.2) is 57.8 Å². The molecule has 0 atom stereocenters. The standard InChI is InChI=1S/C22H26F3N3O3/c1-27(14-16-3-6-18(30-2)7-4-16)15-21(29)26-19-13-17(22(23,24)25)5-8-20(19)28-9-11-31-12-10-28/h3-8,13H,9-12,14-15H2,1-2H3,(H,26,29). The summed E-state index contributed by atoms with van der Waals surface area (Å²) in [5, 5.41) is 2.67. The van der Waals surface area contributed by atoms with E-state index in [1.165, 1.54) is 6.07 Å². The summed E-state index contributed by atoms with van der Waals surface area (Å²) in [7, 11) is 3.36. The number of nitrogens with one attached hydrogen (secondary N) is 1. The Kier molecular flexibility index (Phi) is 7.40. The van der Waals surface area contributed by atoms with Crippen LogP contribution in [0, 0.1) is 0 Å². The number of alkyl halides is 3. The molecule has 1 fully saturated rings. The second kappa shape index (κ2) is 10.0. The average molecular weight is 437 g/mol. The highest BCUT2D eigenvalue weighted by Crippen LogP contribution is 2.35. The zero-order valence-corrected chi connectivity index (χ0v) is 17.5. The zero-order chi connectivity index (χ0) is 22.4. The number of nitrogens with zero attached hydrogens (tertiary/aromatic N) is 2. The minimum atomic E-state index is -4.49. The lowest BCUT2D eigenvalue weighted by molar-refractivity contribution is -0.137. The maximum Gasteiger partial charge on any atom is 0.416 e. The zero-order valence-electron chi connectivity index (χ0n) is 17.5. The fraction of sp³-hybridized carbons (Fsp3) is 0.409. The van der Waals surface area contributed by atoms with E-state index in [2.05, 4.69) is 5.32 Å². The van der Waals surface area contributed by atoms with Gasteiger partial charge in [0, 0.05) is 19.6 Å². The molecule has 6 nitrogen and oxygen atoms in total. The molecule has 168 valence electrons. The molecule has 0 aliphatic carbocycles. The third kappa shape index (κ3) is 6.35. The van der Waals surface area contributed by atoms with Crippen LogP contribution in [0.5, 0.6) is 5.75 Å². The molecule has 0 spiro atoms. The molecule has 1 N–H and O–H groups in total. The lowest BCUT2D eigenvalue weighted by atomic mass is 10.1. The number of likely N-dealkylation sites (N-methyl/N-ethyl adjacent to an activating group) is 1. The van der Waals surface area contributed by atoms with Gasteiger partial charge in [-0.3, -0.25) is 9.69 Å². The van der Waals surface area contributed by atoms with E-state index in [9.17, 15) is 18.0 Å². The number of anilines is 2. The molecule has 1 saturated heterocycles. The van der Waals surface area contributed by atoms with Gasteiger partial charge in [-0.1, -0.05) is 12.1 Å². The highest BCUT2D eigenvalue weighted by molar-refractivity contribution is 5.95. The first-order chi connectivity index (χ1) is 14.8. The summed E-state index contributed by atoms with van der Waals surface area (Å²) in [5.74, 6) is 0.356. The Morgan fingerprint density at radius 2 is 1.84 bits per heavy atom. The van der Waals surface area contributed by atoms with Crippen molar-refractivity contribution in [2.45, 2.75) is 12.7 Å².